The molecule has 0 aliphatic rings. The Bertz CT molecular complexity index is 620. The van der Waals surface area contributed by atoms with E-state index in [1.165, 1.54) is 0 Å². The zero-order valence-electron chi connectivity index (χ0n) is 10.6. The van der Waals surface area contributed by atoms with Gasteiger partial charge in [-0.2, -0.15) is 0 Å². The number of ether oxygens (including phenoxy) is 1. The molecule has 0 saturated carbocycles. The molecule has 2 aromatic rings. The van der Waals surface area contributed by atoms with E-state index in [-0.39, 0.29) is 6.61 Å². The number of hydrogen-bond donors (Lipinski definition) is 1. The zero-order valence-corrected chi connectivity index (χ0v) is 13.7. The molecule has 0 fully saturated rings. The summed E-state index contributed by atoms with van der Waals surface area (Å²) in [4.78, 5) is 0. The molecule has 102 valence electrons. The second kappa shape index (κ2) is 7.49. The van der Waals surface area contributed by atoms with E-state index >= 15 is 0 Å². The molecule has 0 unspecified atom stereocenters. The van der Waals surface area contributed by atoms with Crippen LogP contribution in [0.2, 0.25) is 0 Å². The molecule has 0 atom stereocenters. The smallest absolute Gasteiger partial charge is 0.149 e. The van der Waals surface area contributed by atoms with Crippen LogP contribution in [-0.4, -0.2) is 11.7 Å². The van der Waals surface area contributed by atoms with Crippen molar-refractivity contribution >= 4 is 31.9 Å². The van der Waals surface area contributed by atoms with Crippen LogP contribution in [0.15, 0.2) is 51.4 Å². The molecule has 0 bridgehead atoms. The molecule has 0 amide bonds. The SMILES string of the molecule is OCc1cc(Br)c(OCC#Cc2ccccc2)c(Br)c1. The Kier molecular flexibility index (Phi) is 5.66. The van der Waals surface area contributed by atoms with Crippen molar-refractivity contribution < 1.29 is 9.84 Å². The summed E-state index contributed by atoms with van der Waals surface area (Å²) >= 11 is 6.84. The van der Waals surface area contributed by atoms with Gasteiger partial charge in [0.1, 0.15) is 12.4 Å². The molecule has 0 spiro atoms. The van der Waals surface area contributed by atoms with Crippen molar-refractivity contribution in [2.45, 2.75) is 6.61 Å². The van der Waals surface area contributed by atoms with E-state index in [0.29, 0.717) is 12.4 Å². The topological polar surface area (TPSA) is 29.5 Å². The average Bonchev–Trinajstić information content (AvgIpc) is 2.46. The van der Waals surface area contributed by atoms with Crippen LogP contribution in [0.3, 0.4) is 0 Å². The summed E-state index contributed by atoms with van der Waals surface area (Å²) in [5, 5.41) is 9.11. The van der Waals surface area contributed by atoms with Gasteiger partial charge in [-0.1, -0.05) is 30.0 Å². The highest BCUT2D eigenvalue weighted by atomic mass is 79.9. The van der Waals surface area contributed by atoms with Crippen LogP contribution in [-0.2, 0) is 6.61 Å². The Morgan fingerprint density at radius 1 is 1.05 bits per heavy atom. The molecule has 0 saturated heterocycles. The number of rotatable bonds is 3. The molecule has 1 N–H and O–H groups in total. The Morgan fingerprint density at radius 3 is 2.30 bits per heavy atom. The fourth-order valence-corrected chi connectivity index (χ4v) is 3.12. The molecular weight excluding hydrogens is 384 g/mol. The van der Waals surface area contributed by atoms with E-state index in [1.54, 1.807) is 0 Å². The predicted octanol–water partition coefficient (Wildman–Crippen LogP) is 4.13. The lowest BCUT2D eigenvalue weighted by molar-refractivity contribution is 0.281. The lowest BCUT2D eigenvalue weighted by atomic mass is 10.2. The number of benzene rings is 2. The summed E-state index contributed by atoms with van der Waals surface area (Å²) in [7, 11) is 0. The van der Waals surface area contributed by atoms with E-state index in [1.807, 2.05) is 42.5 Å². The van der Waals surface area contributed by atoms with Crippen molar-refractivity contribution in [3.63, 3.8) is 0 Å². The minimum Gasteiger partial charge on any atom is -0.479 e. The van der Waals surface area contributed by atoms with Crippen LogP contribution < -0.4 is 4.74 Å². The Hall–Kier alpha value is -1.28. The molecule has 20 heavy (non-hydrogen) atoms. The number of aliphatic hydroxyl groups is 1. The summed E-state index contributed by atoms with van der Waals surface area (Å²) in [6, 6.07) is 13.4. The highest BCUT2D eigenvalue weighted by Crippen LogP contribution is 2.34. The summed E-state index contributed by atoms with van der Waals surface area (Å²) in [5.74, 6) is 6.69. The molecule has 0 radical (unpaired) electrons. The summed E-state index contributed by atoms with van der Waals surface area (Å²) in [6.07, 6.45) is 0. The van der Waals surface area contributed by atoms with Gasteiger partial charge in [0.2, 0.25) is 0 Å². The van der Waals surface area contributed by atoms with Crippen LogP contribution in [0.1, 0.15) is 11.1 Å². The van der Waals surface area contributed by atoms with Gasteiger partial charge in [-0.05, 0) is 61.7 Å². The molecule has 4 heteroatoms. The first-order valence-electron chi connectivity index (χ1n) is 5.96. The van der Waals surface area contributed by atoms with Gasteiger partial charge in [0, 0.05) is 5.56 Å². The lowest BCUT2D eigenvalue weighted by Crippen LogP contribution is -1.97. The third-order valence-electron chi connectivity index (χ3n) is 2.54. The van der Waals surface area contributed by atoms with Crippen molar-refractivity contribution in [3.05, 3.63) is 62.5 Å². The number of hydrogen-bond acceptors (Lipinski definition) is 2. The molecule has 0 heterocycles. The first kappa shape index (κ1) is 15.1. The summed E-state index contributed by atoms with van der Waals surface area (Å²) in [6.45, 7) is 0.288. The van der Waals surface area contributed by atoms with Crippen LogP contribution >= 0.6 is 31.9 Å². The monoisotopic (exact) mass is 394 g/mol. The van der Waals surface area contributed by atoms with Gasteiger partial charge in [0.25, 0.3) is 0 Å². The van der Waals surface area contributed by atoms with Gasteiger partial charge in [-0.3, -0.25) is 0 Å². The number of aliphatic hydroxyl groups excluding tert-OH is 1. The molecular formula is C16H12Br2O2. The standard InChI is InChI=1S/C16H12Br2O2/c17-14-9-13(11-19)10-15(18)16(14)20-8-4-7-12-5-2-1-3-6-12/h1-3,5-6,9-10,19H,8,11H2. The maximum Gasteiger partial charge on any atom is 0.149 e. The lowest BCUT2D eigenvalue weighted by Gasteiger charge is -2.09. The second-order valence-electron chi connectivity index (χ2n) is 4.00. The Balaban J connectivity index is 2.03. The molecule has 2 nitrogen and oxygen atoms in total. The molecule has 2 rings (SSSR count). The fraction of sp³-hybridized carbons (Fsp3) is 0.125. The normalized spacial score (nSPS) is 9.75. The zero-order chi connectivity index (χ0) is 14.4. The van der Waals surface area contributed by atoms with Gasteiger partial charge >= 0.3 is 0 Å². The van der Waals surface area contributed by atoms with Crippen molar-refractivity contribution in [2.75, 3.05) is 6.61 Å². The molecule has 0 aliphatic heterocycles. The molecule has 0 aromatic heterocycles. The first-order chi connectivity index (χ1) is 9.70. The highest BCUT2D eigenvalue weighted by molar-refractivity contribution is 9.11. The minimum absolute atomic E-state index is 0.00864. The second-order valence-corrected chi connectivity index (χ2v) is 5.71. The van der Waals surface area contributed by atoms with Crippen molar-refractivity contribution in [1.29, 1.82) is 0 Å². The minimum atomic E-state index is -0.00864. The summed E-state index contributed by atoms with van der Waals surface area (Å²) < 4.78 is 7.22. The fourth-order valence-electron chi connectivity index (χ4n) is 1.61. The molecule has 2 aromatic carbocycles. The van der Waals surface area contributed by atoms with E-state index < -0.39 is 0 Å². The Morgan fingerprint density at radius 2 is 1.70 bits per heavy atom. The van der Waals surface area contributed by atoms with Gasteiger partial charge in [-0.15, -0.1) is 0 Å². The van der Waals surface area contributed by atoms with Crippen LogP contribution in [0.5, 0.6) is 5.75 Å². The van der Waals surface area contributed by atoms with Crippen molar-refractivity contribution in [1.82, 2.24) is 0 Å². The van der Waals surface area contributed by atoms with Gasteiger partial charge < -0.3 is 9.84 Å². The van der Waals surface area contributed by atoms with Crippen molar-refractivity contribution in [3.8, 4) is 17.6 Å². The van der Waals surface area contributed by atoms with E-state index in [0.717, 1.165) is 20.1 Å². The maximum atomic E-state index is 9.11. The average molecular weight is 396 g/mol. The number of halogens is 2. The third kappa shape index (κ3) is 4.11. The van der Waals surface area contributed by atoms with Crippen LogP contribution in [0, 0.1) is 11.8 Å². The Labute approximate surface area is 135 Å². The predicted molar refractivity (Wildman–Crippen MR) is 86.6 cm³/mol. The van der Waals surface area contributed by atoms with E-state index in [4.69, 9.17) is 9.84 Å². The van der Waals surface area contributed by atoms with Gasteiger partial charge in [0.15, 0.2) is 0 Å². The maximum absolute atomic E-state index is 9.11. The first-order valence-corrected chi connectivity index (χ1v) is 7.55. The highest BCUT2D eigenvalue weighted by Gasteiger charge is 2.08. The van der Waals surface area contributed by atoms with Crippen LogP contribution in [0.4, 0.5) is 0 Å². The van der Waals surface area contributed by atoms with Gasteiger partial charge in [-0.25, -0.2) is 0 Å². The molecule has 0 aliphatic carbocycles. The van der Waals surface area contributed by atoms with Crippen molar-refractivity contribution in [2.24, 2.45) is 0 Å². The third-order valence-corrected chi connectivity index (χ3v) is 3.71. The van der Waals surface area contributed by atoms with Gasteiger partial charge in [0.05, 0.1) is 15.6 Å². The summed E-state index contributed by atoms with van der Waals surface area (Å²) in [5.41, 5.74) is 1.77. The van der Waals surface area contributed by atoms with E-state index in [2.05, 4.69) is 43.7 Å². The van der Waals surface area contributed by atoms with E-state index in [9.17, 15) is 0 Å². The van der Waals surface area contributed by atoms with Crippen LogP contribution in [0.25, 0.3) is 0 Å². The largest absolute Gasteiger partial charge is 0.479 e. The quantitative estimate of drug-likeness (QED) is 0.791.